The molecular weight excluding hydrogens is 344 g/mol. The van der Waals surface area contributed by atoms with Crippen molar-refractivity contribution in [3.8, 4) is 0 Å². The van der Waals surface area contributed by atoms with Crippen molar-refractivity contribution in [3.63, 3.8) is 0 Å². The second kappa shape index (κ2) is 6.56. The molecule has 0 saturated carbocycles. The number of ether oxygens (including phenoxy) is 1. The van der Waals surface area contributed by atoms with Crippen LogP contribution in [-0.4, -0.2) is 33.4 Å². The molecule has 1 aliphatic rings. The quantitative estimate of drug-likeness (QED) is 0.828. The van der Waals surface area contributed by atoms with Gasteiger partial charge >= 0.3 is 6.09 Å². The van der Waals surface area contributed by atoms with Gasteiger partial charge in [0.25, 0.3) is 10.0 Å². The van der Waals surface area contributed by atoms with Crippen LogP contribution >= 0.6 is 0 Å². The summed E-state index contributed by atoms with van der Waals surface area (Å²) in [6, 6.07) is 12.2. The largest absolute Gasteiger partial charge is 0.447 e. The number of anilines is 2. The number of rotatable bonds is 5. The number of benzene rings is 2. The first-order valence-corrected chi connectivity index (χ1v) is 9.03. The molecule has 2 aromatic rings. The van der Waals surface area contributed by atoms with E-state index < -0.39 is 16.1 Å². The standard InChI is InChI=1S/C17H16N2O5S/c1-12(20)13-3-2-4-14(11-13)18-25(22,23)16-7-5-15(6-8-16)19-9-10-24-17(19)21/h2-8,11,18H,9-10H2,1H3. The van der Waals surface area contributed by atoms with Crippen molar-refractivity contribution in [1.29, 1.82) is 0 Å². The van der Waals surface area contributed by atoms with Gasteiger partial charge in [-0.25, -0.2) is 13.2 Å². The lowest BCUT2D eigenvalue weighted by Gasteiger charge is -2.14. The lowest BCUT2D eigenvalue weighted by Crippen LogP contribution is -2.23. The Hall–Kier alpha value is -2.87. The monoisotopic (exact) mass is 360 g/mol. The van der Waals surface area contributed by atoms with Crippen LogP contribution in [-0.2, 0) is 14.8 Å². The fraction of sp³-hybridized carbons (Fsp3) is 0.176. The van der Waals surface area contributed by atoms with E-state index in [0.29, 0.717) is 30.1 Å². The zero-order valence-electron chi connectivity index (χ0n) is 13.4. The smallest absolute Gasteiger partial charge is 0.414 e. The normalized spacial score (nSPS) is 14.3. The van der Waals surface area contributed by atoms with E-state index in [0.717, 1.165) is 0 Å². The summed E-state index contributed by atoms with van der Waals surface area (Å²) in [5, 5.41) is 0. The van der Waals surface area contributed by atoms with E-state index in [2.05, 4.69) is 4.72 Å². The SMILES string of the molecule is CC(=O)c1cccc(NS(=O)(=O)c2ccc(N3CCOC3=O)cc2)c1. The number of carbonyl (C=O) groups excluding carboxylic acids is 2. The van der Waals surface area contributed by atoms with Crippen molar-refractivity contribution in [2.24, 2.45) is 0 Å². The first-order valence-electron chi connectivity index (χ1n) is 7.55. The van der Waals surface area contributed by atoms with Crippen molar-refractivity contribution in [1.82, 2.24) is 0 Å². The van der Waals surface area contributed by atoms with Crippen LogP contribution < -0.4 is 9.62 Å². The highest BCUT2D eigenvalue weighted by atomic mass is 32.2. The molecule has 0 aromatic heterocycles. The molecule has 3 rings (SSSR count). The number of nitrogens with one attached hydrogen (secondary N) is 1. The number of carbonyl (C=O) groups is 2. The Balaban J connectivity index is 1.81. The summed E-state index contributed by atoms with van der Waals surface area (Å²) in [7, 11) is -3.81. The van der Waals surface area contributed by atoms with Crippen molar-refractivity contribution in [3.05, 3.63) is 54.1 Å². The first-order chi connectivity index (χ1) is 11.9. The molecule has 0 radical (unpaired) electrons. The molecule has 0 spiro atoms. The number of hydrogen-bond donors (Lipinski definition) is 1. The van der Waals surface area contributed by atoms with Gasteiger partial charge in [-0.05, 0) is 43.3 Å². The van der Waals surface area contributed by atoms with E-state index >= 15 is 0 Å². The summed E-state index contributed by atoms with van der Waals surface area (Å²) in [4.78, 5) is 24.4. The van der Waals surface area contributed by atoms with Crippen LogP contribution in [0, 0.1) is 0 Å². The molecule has 2 aromatic carbocycles. The molecule has 1 aliphatic heterocycles. The summed E-state index contributed by atoms with van der Waals surface area (Å²) >= 11 is 0. The van der Waals surface area contributed by atoms with Crippen LogP contribution in [0.2, 0.25) is 0 Å². The summed E-state index contributed by atoms with van der Waals surface area (Å²) in [6.45, 7) is 2.16. The molecule has 1 fully saturated rings. The maximum atomic E-state index is 12.5. The highest BCUT2D eigenvalue weighted by Crippen LogP contribution is 2.23. The third-order valence-corrected chi connectivity index (χ3v) is 5.14. The van der Waals surface area contributed by atoms with E-state index in [4.69, 9.17) is 4.74 Å². The number of nitrogens with zero attached hydrogens (tertiary/aromatic N) is 1. The highest BCUT2D eigenvalue weighted by Gasteiger charge is 2.24. The van der Waals surface area contributed by atoms with Crippen LogP contribution in [0.25, 0.3) is 0 Å². The third-order valence-electron chi connectivity index (χ3n) is 3.74. The molecule has 8 heteroatoms. The minimum Gasteiger partial charge on any atom is -0.447 e. The van der Waals surface area contributed by atoms with Gasteiger partial charge in [-0.2, -0.15) is 0 Å². The minimum absolute atomic E-state index is 0.0528. The van der Waals surface area contributed by atoms with Crippen molar-refractivity contribution < 1.29 is 22.7 Å². The summed E-state index contributed by atoms with van der Waals surface area (Å²) < 4.78 is 32.3. The average Bonchev–Trinajstić information content (AvgIpc) is 3.01. The summed E-state index contributed by atoms with van der Waals surface area (Å²) in [5.74, 6) is -0.150. The summed E-state index contributed by atoms with van der Waals surface area (Å²) in [6.07, 6.45) is -0.449. The van der Waals surface area contributed by atoms with E-state index in [1.54, 1.807) is 30.3 Å². The van der Waals surface area contributed by atoms with Gasteiger partial charge in [-0.15, -0.1) is 0 Å². The van der Waals surface area contributed by atoms with Crippen molar-refractivity contribution in [2.75, 3.05) is 22.8 Å². The molecule has 1 saturated heterocycles. The number of Topliss-reactive ketones (excluding diaryl/α,β-unsaturated/α-hetero) is 1. The lowest BCUT2D eigenvalue weighted by atomic mass is 10.1. The zero-order valence-corrected chi connectivity index (χ0v) is 14.2. The number of sulfonamides is 1. The number of ketones is 1. The number of cyclic esters (lactones) is 1. The Bertz CT molecular complexity index is 922. The molecule has 0 aliphatic carbocycles. The average molecular weight is 360 g/mol. The molecule has 0 bridgehead atoms. The van der Waals surface area contributed by atoms with E-state index in [1.165, 1.54) is 30.0 Å². The lowest BCUT2D eigenvalue weighted by molar-refractivity contribution is 0.101. The Morgan fingerprint density at radius 3 is 2.48 bits per heavy atom. The zero-order chi connectivity index (χ0) is 18.0. The van der Waals surface area contributed by atoms with Crippen molar-refractivity contribution in [2.45, 2.75) is 11.8 Å². The van der Waals surface area contributed by atoms with Crippen molar-refractivity contribution >= 4 is 33.3 Å². The van der Waals surface area contributed by atoms with Gasteiger partial charge in [0.1, 0.15) is 6.61 Å². The molecule has 130 valence electrons. The predicted octanol–water partition coefficient (Wildman–Crippen LogP) is 2.65. The minimum atomic E-state index is -3.81. The van der Waals surface area contributed by atoms with Crippen LogP contribution in [0.15, 0.2) is 53.4 Å². The Morgan fingerprint density at radius 1 is 1.16 bits per heavy atom. The molecule has 1 N–H and O–H groups in total. The number of amides is 1. The Labute approximate surface area is 145 Å². The molecule has 1 amide bonds. The van der Waals surface area contributed by atoms with E-state index in [9.17, 15) is 18.0 Å². The highest BCUT2D eigenvalue weighted by molar-refractivity contribution is 7.92. The summed E-state index contributed by atoms with van der Waals surface area (Å²) in [5.41, 5.74) is 1.29. The van der Waals surface area contributed by atoms with Gasteiger partial charge in [0.15, 0.2) is 5.78 Å². The van der Waals surface area contributed by atoms with Crippen LogP contribution in [0.1, 0.15) is 17.3 Å². The van der Waals surface area contributed by atoms with Gasteiger partial charge in [-0.1, -0.05) is 12.1 Å². The van der Waals surface area contributed by atoms with Crippen LogP contribution in [0.5, 0.6) is 0 Å². The van der Waals surface area contributed by atoms with Crippen LogP contribution in [0.4, 0.5) is 16.2 Å². The van der Waals surface area contributed by atoms with Gasteiger partial charge < -0.3 is 4.74 Å². The van der Waals surface area contributed by atoms with Crippen LogP contribution in [0.3, 0.4) is 0 Å². The first kappa shape index (κ1) is 17.0. The topological polar surface area (TPSA) is 92.8 Å². The van der Waals surface area contributed by atoms with Gasteiger partial charge in [0.05, 0.1) is 11.4 Å². The Morgan fingerprint density at radius 2 is 1.88 bits per heavy atom. The fourth-order valence-corrected chi connectivity index (χ4v) is 3.50. The molecule has 0 atom stereocenters. The molecule has 7 nitrogen and oxygen atoms in total. The molecular formula is C17H16N2O5S. The molecule has 25 heavy (non-hydrogen) atoms. The molecule has 1 heterocycles. The maximum Gasteiger partial charge on any atom is 0.414 e. The van der Waals surface area contributed by atoms with E-state index in [-0.39, 0.29) is 10.7 Å². The maximum absolute atomic E-state index is 12.5. The van der Waals surface area contributed by atoms with Gasteiger partial charge in [-0.3, -0.25) is 14.4 Å². The fourth-order valence-electron chi connectivity index (χ4n) is 2.45. The second-order valence-electron chi connectivity index (χ2n) is 5.50. The Kier molecular flexibility index (Phi) is 4.45. The van der Waals surface area contributed by atoms with Gasteiger partial charge in [0.2, 0.25) is 0 Å². The second-order valence-corrected chi connectivity index (χ2v) is 7.18. The third kappa shape index (κ3) is 3.63. The van der Waals surface area contributed by atoms with Gasteiger partial charge in [0, 0.05) is 16.9 Å². The predicted molar refractivity (Wildman–Crippen MR) is 92.4 cm³/mol. The number of hydrogen-bond acceptors (Lipinski definition) is 5. The molecule has 0 unspecified atom stereocenters. The van der Waals surface area contributed by atoms with E-state index in [1.807, 2.05) is 0 Å².